The standard InChI is InChI=1S/C21H22N2O2S2/c1-3-12-26-13-15-4-6-17(7-5-15)20(24)23-21-22-19(14-27-21)16-8-10-18(25-2)11-9-16/h4-11,14H,3,12-13H2,1-2H3,(H,22,23,24). The van der Waals surface area contributed by atoms with Crippen molar-refractivity contribution in [2.24, 2.45) is 0 Å². The minimum absolute atomic E-state index is 0.140. The molecule has 4 nitrogen and oxygen atoms in total. The maximum absolute atomic E-state index is 12.4. The smallest absolute Gasteiger partial charge is 0.257 e. The Morgan fingerprint density at radius 3 is 2.56 bits per heavy atom. The van der Waals surface area contributed by atoms with Crippen LogP contribution in [-0.2, 0) is 5.75 Å². The van der Waals surface area contributed by atoms with E-state index < -0.39 is 0 Å². The van der Waals surface area contributed by atoms with Crippen LogP contribution in [0.1, 0.15) is 29.3 Å². The topological polar surface area (TPSA) is 51.2 Å². The van der Waals surface area contributed by atoms with Gasteiger partial charge in [0.25, 0.3) is 5.91 Å². The second kappa shape index (κ2) is 9.58. The highest BCUT2D eigenvalue weighted by molar-refractivity contribution is 7.98. The van der Waals surface area contributed by atoms with Crippen molar-refractivity contribution < 1.29 is 9.53 Å². The number of nitrogens with one attached hydrogen (secondary N) is 1. The third-order valence-corrected chi connectivity index (χ3v) is 5.94. The van der Waals surface area contributed by atoms with Crippen LogP contribution in [-0.4, -0.2) is 23.8 Å². The fourth-order valence-electron chi connectivity index (χ4n) is 2.48. The highest BCUT2D eigenvalue weighted by Crippen LogP contribution is 2.26. The van der Waals surface area contributed by atoms with Crippen LogP contribution in [0, 0.1) is 0 Å². The number of amides is 1. The highest BCUT2D eigenvalue weighted by Gasteiger charge is 2.10. The molecular formula is C21H22N2O2S2. The summed E-state index contributed by atoms with van der Waals surface area (Å²) in [4.78, 5) is 17.0. The Bertz CT molecular complexity index is 874. The molecule has 1 N–H and O–H groups in total. The summed E-state index contributed by atoms with van der Waals surface area (Å²) in [6.45, 7) is 2.18. The number of carbonyl (C=O) groups excluding carboxylic acids is 1. The van der Waals surface area contributed by atoms with Crippen molar-refractivity contribution in [2.75, 3.05) is 18.2 Å². The molecule has 0 saturated carbocycles. The molecule has 6 heteroatoms. The van der Waals surface area contributed by atoms with E-state index in [0.29, 0.717) is 10.7 Å². The van der Waals surface area contributed by atoms with Gasteiger partial charge in [0, 0.05) is 22.3 Å². The van der Waals surface area contributed by atoms with Crippen LogP contribution in [0.5, 0.6) is 5.75 Å². The summed E-state index contributed by atoms with van der Waals surface area (Å²) < 4.78 is 5.17. The van der Waals surface area contributed by atoms with E-state index in [9.17, 15) is 4.79 Å². The molecule has 2 aromatic carbocycles. The van der Waals surface area contributed by atoms with Crippen LogP contribution < -0.4 is 10.1 Å². The molecule has 140 valence electrons. The Hall–Kier alpha value is -2.31. The molecule has 0 atom stereocenters. The summed E-state index contributed by atoms with van der Waals surface area (Å²) in [6.07, 6.45) is 1.18. The van der Waals surface area contributed by atoms with Gasteiger partial charge in [0.05, 0.1) is 12.8 Å². The SMILES string of the molecule is CCCSCc1ccc(C(=O)Nc2nc(-c3ccc(OC)cc3)cs2)cc1. The van der Waals surface area contributed by atoms with Gasteiger partial charge in [-0.2, -0.15) is 11.8 Å². The summed E-state index contributed by atoms with van der Waals surface area (Å²) in [7, 11) is 1.64. The van der Waals surface area contributed by atoms with Crippen molar-refractivity contribution in [1.29, 1.82) is 0 Å². The van der Waals surface area contributed by atoms with E-state index >= 15 is 0 Å². The number of aromatic nitrogens is 1. The molecule has 0 fully saturated rings. The summed E-state index contributed by atoms with van der Waals surface area (Å²) in [5.41, 5.74) is 3.70. The van der Waals surface area contributed by atoms with E-state index in [1.54, 1.807) is 7.11 Å². The molecule has 27 heavy (non-hydrogen) atoms. The van der Waals surface area contributed by atoms with Crippen molar-refractivity contribution in [3.8, 4) is 17.0 Å². The second-order valence-electron chi connectivity index (χ2n) is 5.97. The van der Waals surface area contributed by atoms with Crippen LogP contribution in [0.4, 0.5) is 5.13 Å². The molecule has 0 unspecified atom stereocenters. The molecule has 0 bridgehead atoms. The lowest BCUT2D eigenvalue weighted by Crippen LogP contribution is -2.11. The molecule has 0 aliphatic carbocycles. The van der Waals surface area contributed by atoms with Gasteiger partial charge >= 0.3 is 0 Å². The number of thioether (sulfide) groups is 1. The van der Waals surface area contributed by atoms with Crippen LogP contribution in [0.25, 0.3) is 11.3 Å². The molecule has 1 aromatic heterocycles. The van der Waals surface area contributed by atoms with Gasteiger partial charge in [0.15, 0.2) is 5.13 Å². The van der Waals surface area contributed by atoms with Gasteiger partial charge < -0.3 is 4.74 Å². The fourth-order valence-corrected chi connectivity index (χ4v) is 4.06. The number of benzene rings is 2. The van der Waals surface area contributed by atoms with Crippen LogP contribution in [0.3, 0.4) is 0 Å². The Kier molecular flexibility index (Phi) is 6.90. The normalized spacial score (nSPS) is 10.6. The van der Waals surface area contributed by atoms with Crippen molar-refractivity contribution in [2.45, 2.75) is 19.1 Å². The van der Waals surface area contributed by atoms with E-state index in [0.717, 1.165) is 28.5 Å². The lowest BCUT2D eigenvalue weighted by molar-refractivity contribution is 0.102. The van der Waals surface area contributed by atoms with Gasteiger partial charge in [-0.25, -0.2) is 4.98 Å². The summed E-state index contributed by atoms with van der Waals surface area (Å²) >= 11 is 3.33. The van der Waals surface area contributed by atoms with Crippen LogP contribution >= 0.6 is 23.1 Å². The molecule has 1 heterocycles. The first-order chi connectivity index (χ1) is 13.2. The summed E-state index contributed by atoms with van der Waals surface area (Å²) in [6, 6.07) is 15.5. The Balaban J connectivity index is 1.61. The second-order valence-corrected chi connectivity index (χ2v) is 7.93. The van der Waals surface area contributed by atoms with Crippen molar-refractivity contribution in [1.82, 2.24) is 4.98 Å². The summed E-state index contributed by atoms with van der Waals surface area (Å²) in [5.74, 6) is 2.80. The zero-order valence-electron chi connectivity index (χ0n) is 15.4. The maximum atomic E-state index is 12.4. The quantitative estimate of drug-likeness (QED) is 0.494. The van der Waals surface area contributed by atoms with Gasteiger partial charge in [-0.1, -0.05) is 19.1 Å². The average molecular weight is 399 g/mol. The number of hydrogen-bond acceptors (Lipinski definition) is 5. The molecule has 0 aliphatic rings. The Labute approximate surface area is 168 Å². The largest absolute Gasteiger partial charge is 0.497 e. The van der Waals surface area contributed by atoms with Crippen LogP contribution in [0.15, 0.2) is 53.9 Å². The van der Waals surface area contributed by atoms with E-state index in [-0.39, 0.29) is 5.91 Å². The number of nitrogens with zero attached hydrogens (tertiary/aromatic N) is 1. The Morgan fingerprint density at radius 2 is 1.89 bits per heavy atom. The number of methoxy groups -OCH3 is 1. The van der Waals surface area contributed by atoms with Crippen molar-refractivity contribution in [3.63, 3.8) is 0 Å². The van der Waals surface area contributed by atoms with Gasteiger partial charge in [-0.05, 0) is 54.1 Å². The fraction of sp³-hybridized carbons (Fsp3) is 0.238. The maximum Gasteiger partial charge on any atom is 0.257 e. The van der Waals surface area contributed by atoms with E-state index in [1.807, 2.05) is 65.7 Å². The average Bonchev–Trinajstić information content (AvgIpc) is 3.17. The van der Waals surface area contributed by atoms with E-state index in [1.165, 1.54) is 23.3 Å². The van der Waals surface area contributed by atoms with Crippen molar-refractivity contribution in [3.05, 3.63) is 65.0 Å². The lowest BCUT2D eigenvalue weighted by Gasteiger charge is -2.04. The first-order valence-corrected chi connectivity index (χ1v) is 10.8. The minimum atomic E-state index is -0.140. The van der Waals surface area contributed by atoms with E-state index in [4.69, 9.17) is 4.74 Å². The number of thiazole rings is 1. The lowest BCUT2D eigenvalue weighted by atomic mass is 10.1. The third kappa shape index (κ3) is 5.34. The molecule has 1 amide bonds. The molecule has 3 rings (SSSR count). The molecule has 0 saturated heterocycles. The van der Waals surface area contributed by atoms with E-state index in [2.05, 4.69) is 17.2 Å². The van der Waals surface area contributed by atoms with Gasteiger partial charge in [0.1, 0.15) is 5.75 Å². The highest BCUT2D eigenvalue weighted by atomic mass is 32.2. The number of hydrogen-bond donors (Lipinski definition) is 1. The first kappa shape index (κ1) is 19.5. The zero-order valence-corrected chi connectivity index (χ0v) is 17.0. The molecule has 0 radical (unpaired) electrons. The molecular weight excluding hydrogens is 376 g/mol. The van der Waals surface area contributed by atoms with Gasteiger partial charge in [-0.15, -0.1) is 11.3 Å². The third-order valence-electron chi connectivity index (χ3n) is 3.94. The van der Waals surface area contributed by atoms with Gasteiger partial charge in [0.2, 0.25) is 0 Å². The zero-order chi connectivity index (χ0) is 19.1. The predicted molar refractivity (Wildman–Crippen MR) is 115 cm³/mol. The monoisotopic (exact) mass is 398 g/mol. The number of carbonyl (C=O) groups is 1. The van der Waals surface area contributed by atoms with Crippen molar-refractivity contribution >= 4 is 34.1 Å². The Morgan fingerprint density at radius 1 is 1.15 bits per heavy atom. The summed E-state index contributed by atoms with van der Waals surface area (Å²) in [5, 5.41) is 5.41. The number of anilines is 1. The number of rotatable bonds is 8. The van der Waals surface area contributed by atoms with Crippen LogP contribution in [0.2, 0.25) is 0 Å². The number of ether oxygens (including phenoxy) is 1. The molecule has 3 aromatic rings. The minimum Gasteiger partial charge on any atom is -0.497 e. The molecule has 0 aliphatic heterocycles. The first-order valence-electron chi connectivity index (χ1n) is 8.77. The predicted octanol–water partition coefficient (Wildman–Crippen LogP) is 5.71. The molecule has 0 spiro atoms. The van der Waals surface area contributed by atoms with Gasteiger partial charge in [-0.3, -0.25) is 10.1 Å².